The van der Waals surface area contributed by atoms with Crippen molar-refractivity contribution < 1.29 is 18.9 Å². The highest BCUT2D eigenvalue weighted by atomic mass is 32.2. The van der Waals surface area contributed by atoms with Gasteiger partial charge in [0, 0.05) is 23.8 Å². The Morgan fingerprint density at radius 3 is 2.80 bits per heavy atom. The molecule has 2 aromatic carbocycles. The van der Waals surface area contributed by atoms with Crippen LogP contribution in [0.2, 0.25) is 0 Å². The second kappa shape index (κ2) is 8.26. The van der Waals surface area contributed by atoms with Crippen LogP contribution in [0.3, 0.4) is 0 Å². The maximum absolute atomic E-state index is 12.3. The fraction of sp³-hybridized carbons (Fsp3) is 0.0476. The second-order valence-electron chi connectivity index (χ2n) is 6.16. The molecule has 1 N–H and O–H groups in total. The minimum atomic E-state index is -0.461. The van der Waals surface area contributed by atoms with E-state index >= 15 is 0 Å². The van der Waals surface area contributed by atoms with E-state index in [4.69, 9.17) is 9.15 Å². The molecule has 150 valence electrons. The summed E-state index contributed by atoms with van der Waals surface area (Å²) < 4.78 is 11.0. The number of carbonyl (C=O) groups excluding carboxylic acids is 1. The topological polar surface area (TPSA) is 107 Å². The molecule has 1 amide bonds. The molecule has 1 aromatic heterocycles. The van der Waals surface area contributed by atoms with Gasteiger partial charge < -0.3 is 14.5 Å². The summed E-state index contributed by atoms with van der Waals surface area (Å²) in [6.45, 7) is 0. The number of methoxy groups -OCH3 is 1. The van der Waals surface area contributed by atoms with Crippen LogP contribution in [0.1, 0.15) is 5.76 Å². The highest BCUT2D eigenvalue weighted by Gasteiger charge is 2.24. The minimum Gasteiger partial charge on any atom is -0.494 e. The number of hydrogen-bond acceptors (Lipinski definition) is 7. The monoisotopic (exact) mass is 421 g/mol. The van der Waals surface area contributed by atoms with Crippen molar-refractivity contribution in [1.82, 2.24) is 5.32 Å². The Kier molecular flexibility index (Phi) is 5.36. The Bertz CT molecular complexity index is 1200. The average Bonchev–Trinajstić information content (AvgIpc) is 3.35. The van der Waals surface area contributed by atoms with E-state index in [0.29, 0.717) is 38.6 Å². The Morgan fingerprint density at radius 2 is 2.00 bits per heavy atom. The number of rotatable bonds is 5. The third kappa shape index (κ3) is 4.11. The molecule has 9 heteroatoms. The molecule has 4 rings (SSSR count). The van der Waals surface area contributed by atoms with Crippen LogP contribution in [0.25, 0.3) is 17.4 Å². The Morgan fingerprint density at radius 1 is 1.17 bits per heavy atom. The summed E-state index contributed by atoms with van der Waals surface area (Å²) >= 11 is 1.18. The largest absolute Gasteiger partial charge is 0.494 e. The number of aliphatic imine (C=N–C) groups is 1. The smallest absolute Gasteiger partial charge is 0.270 e. The van der Waals surface area contributed by atoms with Gasteiger partial charge in [-0.25, -0.2) is 4.99 Å². The molecule has 0 atom stereocenters. The number of amidine groups is 1. The van der Waals surface area contributed by atoms with Crippen LogP contribution in [-0.4, -0.2) is 23.1 Å². The van der Waals surface area contributed by atoms with Gasteiger partial charge in [-0.1, -0.05) is 24.3 Å². The summed E-state index contributed by atoms with van der Waals surface area (Å²) in [5.41, 5.74) is 1.16. The highest BCUT2D eigenvalue weighted by Crippen LogP contribution is 2.33. The summed E-state index contributed by atoms with van der Waals surface area (Å²) in [6, 6.07) is 16.8. The van der Waals surface area contributed by atoms with Crippen molar-refractivity contribution in [1.29, 1.82) is 0 Å². The number of carbonyl (C=O) groups is 1. The summed E-state index contributed by atoms with van der Waals surface area (Å²) in [6.07, 6.45) is 1.60. The number of thioether (sulfide) groups is 1. The van der Waals surface area contributed by atoms with E-state index in [0.717, 1.165) is 0 Å². The van der Waals surface area contributed by atoms with Gasteiger partial charge >= 0.3 is 0 Å². The van der Waals surface area contributed by atoms with Crippen LogP contribution in [0.15, 0.2) is 75.0 Å². The Labute approximate surface area is 175 Å². The van der Waals surface area contributed by atoms with Crippen LogP contribution in [0, 0.1) is 10.1 Å². The van der Waals surface area contributed by atoms with Crippen LogP contribution in [0.4, 0.5) is 11.4 Å². The SMILES string of the molecule is COc1ccccc1N=C1NC(=O)C(=Cc2ccc(-c3cccc([N+](=O)[O-])c3)o2)S1. The van der Waals surface area contributed by atoms with Gasteiger partial charge in [0.1, 0.15) is 23.0 Å². The molecule has 0 unspecified atom stereocenters. The quantitative estimate of drug-likeness (QED) is 0.362. The van der Waals surface area contributed by atoms with Crippen LogP contribution < -0.4 is 10.1 Å². The zero-order valence-electron chi connectivity index (χ0n) is 15.7. The molecule has 1 saturated heterocycles. The first-order valence-corrected chi connectivity index (χ1v) is 9.62. The minimum absolute atomic E-state index is 0.0216. The van der Waals surface area contributed by atoms with Gasteiger partial charge in [-0.15, -0.1) is 0 Å². The lowest BCUT2D eigenvalue weighted by Gasteiger charge is -2.03. The van der Waals surface area contributed by atoms with Gasteiger partial charge in [0.15, 0.2) is 5.17 Å². The fourth-order valence-corrected chi connectivity index (χ4v) is 3.61. The number of nitro benzene ring substituents is 1. The fourth-order valence-electron chi connectivity index (χ4n) is 2.80. The van der Waals surface area contributed by atoms with Crippen molar-refractivity contribution in [2.24, 2.45) is 4.99 Å². The lowest BCUT2D eigenvalue weighted by molar-refractivity contribution is -0.384. The zero-order chi connectivity index (χ0) is 21.1. The Hall–Kier alpha value is -3.85. The predicted molar refractivity (Wildman–Crippen MR) is 115 cm³/mol. The van der Waals surface area contributed by atoms with Crippen molar-refractivity contribution in [3.05, 3.63) is 81.4 Å². The number of nitro groups is 1. The maximum atomic E-state index is 12.3. The number of ether oxygens (including phenoxy) is 1. The van der Waals surface area contributed by atoms with E-state index in [1.165, 1.54) is 23.9 Å². The van der Waals surface area contributed by atoms with E-state index in [9.17, 15) is 14.9 Å². The lowest BCUT2D eigenvalue weighted by Crippen LogP contribution is -2.19. The molecule has 30 heavy (non-hydrogen) atoms. The summed E-state index contributed by atoms with van der Waals surface area (Å²) in [5, 5.41) is 14.1. The summed E-state index contributed by atoms with van der Waals surface area (Å²) in [5.74, 6) is 1.23. The molecular formula is C21H15N3O5S. The number of nitrogens with one attached hydrogen (secondary N) is 1. The molecule has 0 radical (unpaired) electrons. The third-order valence-electron chi connectivity index (χ3n) is 4.20. The number of amides is 1. The molecule has 1 aliphatic heterocycles. The van der Waals surface area contributed by atoms with Crippen LogP contribution in [0.5, 0.6) is 5.75 Å². The van der Waals surface area contributed by atoms with Crippen LogP contribution in [-0.2, 0) is 4.79 Å². The second-order valence-corrected chi connectivity index (χ2v) is 7.19. The van der Waals surface area contributed by atoms with Gasteiger partial charge in [-0.05, 0) is 36.0 Å². The first-order chi connectivity index (χ1) is 14.5. The van der Waals surface area contributed by atoms with E-state index in [1.54, 1.807) is 49.6 Å². The molecule has 2 heterocycles. The molecule has 0 saturated carbocycles. The van der Waals surface area contributed by atoms with Crippen LogP contribution >= 0.6 is 11.8 Å². The van der Waals surface area contributed by atoms with Crippen molar-refractivity contribution in [2.45, 2.75) is 0 Å². The lowest BCUT2D eigenvalue weighted by atomic mass is 10.1. The van der Waals surface area contributed by atoms with E-state index < -0.39 is 4.92 Å². The number of nitrogens with zero attached hydrogens (tertiary/aromatic N) is 2. The van der Waals surface area contributed by atoms with Gasteiger partial charge in [-0.2, -0.15) is 0 Å². The van der Waals surface area contributed by atoms with Crippen molar-refractivity contribution in [3.63, 3.8) is 0 Å². The van der Waals surface area contributed by atoms with E-state index in [-0.39, 0.29) is 11.6 Å². The van der Waals surface area contributed by atoms with Gasteiger partial charge in [0.05, 0.1) is 16.9 Å². The van der Waals surface area contributed by atoms with E-state index in [1.807, 2.05) is 12.1 Å². The summed E-state index contributed by atoms with van der Waals surface area (Å²) in [7, 11) is 1.56. The highest BCUT2D eigenvalue weighted by molar-refractivity contribution is 8.18. The van der Waals surface area contributed by atoms with Gasteiger partial charge in [0.2, 0.25) is 0 Å². The number of hydrogen-bond donors (Lipinski definition) is 1. The van der Waals surface area contributed by atoms with Gasteiger partial charge in [-0.3, -0.25) is 14.9 Å². The number of furan rings is 1. The first kappa shape index (κ1) is 19.5. The zero-order valence-corrected chi connectivity index (χ0v) is 16.5. The van der Waals surface area contributed by atoms with Crippen molar-refractivity contribution in [2.75, 3.05) is 7.11 Å². The summed E-state index contributed by atoms with van der Waals surface area (Å²) in [4.78, 5) is 27.7. The normalized spacial score (nSPS) is 16.1. The predicted octanol–water partition coefficient (Wildman–Crippen LogP) is 4.76. The first-order valence-electron chi connectivity index (χ1n) is 8.81. The van der Waals surface area contributed by atoms with Gasteiger partial charge in [0.25, 0.3) is 11.6 Å². The molecule has 0 spiro atoms. The average molecular weight is 421 g/mol. The standard InChI is InChI=1S/C21H15N3O5S/c1-28-18-8-3-2-7-16(18)22-21-23-20(25)19(30-21)12-15-9-10-17(29-15)13-5-4-6-14(11-13)24(26)27/h2-12H,1H3,(H,22,23,25). The van der Waals surface area contributed by atoms with E-state index in [2.05, 4.69) is 10.3 Å². The van der Waals surface area contributed by atoms with Crippen molar-refractivity contribution in [3.8, 4) is 17.1 Å². The molecule has 0 bridgehead atoms. The Balaban J connectivity index is 1.56. The number of benzene rings is 2. The third-order valence-corrected chi connectivity index (χ3v) is 5.11. The number of non-ortho nitro benzene ring substituents is 1. The maximum Gasteiger partial charge on any atom is 0.270 e. The molecule has 1 aliphatic rings. The molecule has 3 aromatic rings. The number of para-hydroxylation sites is 2. The molecular weight excluding hydrogens is 406 g/mol. The molecule has 8 nitrogen and oxygen atoms in total. The van der Waals surface area contributed by atoms with Crippen molar-refractivity contribution >= 4 is 40.3 Å². The molecule has 1 fully saturated rings. The molecule has 0 aliphatic carbocycles.